The second-order valence-corrected chi connectivity index (χ2v) is 5.44. The molecule has 23 heavy (non-hydrogen) atoms. The van der Waals surface area contributed by atoms with Crippen LogP contribution in [0.3, 0.4) is 0 Å². The fraction of sp³-hybridized carbons (Fsp3) is 0. The van der Waals surface area contributed by atoms with Crippen molar-refractivity contribution >= 4 is 27.8 Å². The Balaban J connectivity index is 0.00000156. The molecule has 0 amide bonds. The van der Waals surface area contributed by atoms with Crippen molar-refractivity contribution in [1.29, 1.82) is 0 Å². The van der Waals surface area contributed by atoms with Crippen LogP contribution in [-0.2, 0) is 0 Å². The van der Waals surface area contributed by atoms with E-state index in [0.29, 0.717) is 0 Å². The summed E-state index contributed by atoms with van der Waals surface area (Å²) in [5.74, 6) is 0. The normalized spacial score (nSPS) is 10.3. The first kappa shape index (κ1) is 15.6. The van der Waals surface area contributed by atoms with Crippen LogP contribution in [0.1, 0.15) is 0 Å². The van der Waals surface area contributed by atoms with Gasteiger partial charge < -0.3 is 0 Å². The number of rotatable bonds is 2. The van der Waals surface area contributed by atoms with E-state index in [1.807, 2.05) is 0 Å². The van der Waals surface area contributed by atoms with E-state index >= 15 is 0 Å². The maximum atomic E-state index is 2.21. The van der Waals surface area contributed by atoms with Crippen LogP contribution in [-0.4, -0.2) is 17.1 Å². The largest absolute Gasteiger partial charge is 0.0622 e. The van der Waals surface area contributed by atoms with Crippen molar-refractivity contribution in [3.8, 4) is 22.3 Å². The molecule has 0 bridgehead atoms. The van der Waals surface area contributed by atoms with Crippen LogP contribution in [0.5, 0.6) is 0 Å². The Hall–Kier alpha value is -2.34. The van der Waals surface area contributed by atoms with E-state index < -0.39 is 0 Å². The van der Waals surface area contributed by atoms with Gasteiger partial charge in [-0.3, -0.25) is 0 Å². The quantitative estimate of drug-likeness (QED) is 0.397. The minimum Gasteiger partial charge on any atom is -0.0622 e. The number of benzene rings is 4. The smallest absolute Gasteiger partial charge is 0 e. The number of hydrogen-bond acceptors (Lipinski definition) is 0. The summed E-state index contributed by atoms with van der Waals surface area (Å²) in [6.45, 7) is 0. The zero-order valence-electron chi connectivity index (χ0n) is 12.6. The van der Waals surface area contributed by atoms with Crippen LogP contribution in [0.2, 0.25) is 0 Å². The molecular formula is C22H16Se. The molecule has 0 aliphatic carbocycles. The summed E-state index contributed by atoms with van der Waals surface area (Å²) in [5, 5.41) is 2.58. The molecule has 0 N–H and O–H groups in total. The SMILES string of the molecule is [Se].c1ccc(-c2ccccc2-c2cccc3ccccc23)cc1. The third-order valence-corrected chi connectivity index (χ3v) is 4.09. The molecule has 110 valence electrons. The van der Waals surface area contributed by atoms with Gasteiger partial charge in [0.15, 0.2) is 0 Å². The molecule has 0 aromatic heterocycles. The summed E-state index contributed by atoms with van der Waals surface area (Å²) < 4.78 is 0. The van der Waals surface area contributed by atoms with Gasteiger partial charge in [-0.05, 0) is 33.0 Å². The summed E-state index contributed by atoms with van der Waals surface area (Å²) in [6, 6.07) is 34.3. The second-order valence-electron chi connectivity index (χ2n) is 5.44. The first-order valence-corrected chi connectivity index (χ1v) is 7.56. The number of fused-ring (bicyclic) bond motifs is 1. The van der Waals surface area contributed by atoms with Gasteiger partial charge in [0, 0.05) is 17.1 Å². The molecule has 2 radical (unpaired) electrons. The average molecular weight is 359 g/mol. The van der Waals surface area contributed by atoms with Crippen molar-refractivity contribution in [1.82, 2.24) is 0 Å². The van der Waals surface area contributed by atoms with Crippen LogP contribution < -0.4 is 0 Å². The molecule has 0 saturated carbocycles. The predicted molar refractivity (Wildman–Crippen MR) is 101 cm³/mol. The van der Waals surface area contributed by atoms with Crippen LogP contribution in [0.15, 0.2) is 97.1 Å². The van der Waals surface area contributed by atoms with Gasteiger partial charge in [0.1, 0.15) is 0 Å². The summed E-state index contributed by atoms with van der Waals surface area (Å²) >= 11 is 0. The first-order valence-electron chi connectivity index (χ1n) is 7.56. The molecule has 0 spiro atoms. The van der Waals surface area contributed by atoms with Crippen molar-refractivity contribution < 1.29 is 0 Å². The Kier molecular flexibility index (Phi) is 4.62. The molecule has 0 atom stereocenters. The average Bonchev–Trinajstić information content (AvgIpc) is 2.62. The second kappa shape index (κ2) is 6.83. The molecule has 4 aromatic carbocycles. The molecular weight excluding hydrogens is 343 g/mol. The molecule has 0 fully saturated rings. The summed E-state index contributed by atoms with van der Waals surface area (Å²) in [4.78, 5) is 0. The molecule has 0 unspecified atom stereocenters. The van der Waals surface area contributed by atoms with Crippen LogP contribution >= 0.6 is 0 Å². The summed E-state index contributed by atoms with van der Waals surface area (Å²) in [7, 11) is 0. The van der Waals surface area contributed by atoms with Gasteiger partial charge in [-0.15, -0.1) is 0 Å². The van der Waals surface area contributed by atoms with Crippen molar-refractivity contribution in [3.63, 3.8) is 0 Å². The van der Waals surface area contributed by atoms with E-state index in [4.69, 9.17) is 0 Å². The monoisotopic (exact) mass is 360 g/mol. The molecule has 0 aliphatic rings. The Morgan fingerprint density at radius 2 is 0.957 bits per heavy atom. The fourth-order valence-corrected chi connectivity index (χ4v) is 3.05. The summed E-state index contributed by atoms with van der Waals surface area (Å²) in [5.41, 5.74) is 5.11. The fourth-order valence-electron chi connectivity index (χ4n) is 3.05. The Morgan fingerprint density at radius 3 is 1.78 bits per heavy atom. The van der Waals surface area contributed by atoms with Gasteiger partial charge in [0.05, 0.1) is 0 Å². The van der Waals surface area contributed by atoms with Gasteiger partial charge in [-0.1, -0.05) is 97.1 Å². The van der Waals surface area contributed by atoms with Crippen LogP contribution in [0, 0.1) is 0 Å². The first-order chi connectivity index (χ1) is 10.9. The van der Waals surface area contributed by atoms with E-state index in [1.165, 1.54) is 33.0 Å². The van der Waals surface area contributed by atoms with E-state index in [9.17, 15) is 0 Å². The Morgan fingerprint density at radius 1 is 0.391 bits per heavy atom. The van der Waals surface area contributed by atoms with Crippen molar-refractivity contribution in [2.75, 3.05) is 0 Å². The maximum absolute atomic E-state index is 2.21. The molecule has 4 aromatic rings. The Bertz CT molecular complexity index is 921. The van der Waals surface area contributed by atoms with Crippen molar-refractivity contribution in [2.45, 2.75) is 0 Å². The summed E-state index contributed by atoms with van der Waals surface area (Å²) in [6.07, 6.45) is 0. The molecule has 0 aliphatic heterocycles. The topological polar surface area (TPSA) is 0 Å². The molecule has 4 rings (SSSR count). The Labute approximate surface area is 147 Å². The molecule has 0 heterocycles. The predicted octanol–water partition coefficient (Wildman–Crippen LogP) is 5.79. The van der Waals surface area contributed by atoms with E-state index in [1.54, 1.807) is 0 Å². The van der Waals surface area contributed by atoms with Gasteiger partial charge in [-0.2, -0.15) is 0 Å². The van der Waals surface area contributed by atoms with Gasteiger partial charge in [0.2, 0.25) is 0 Å². The standard InChI is InChI=1S/C22H16.Se/c1-2-9-17(10-3-1)19-14-6-7-15-21(19)22-16-8-12-18-11-4-5-13-20(18)22;/h1-16H;. The number of hydrogen-bond donors (Lipinski definition) is 0. The van der Waals surface area contributed by atoms with Gasteiger partial charge in [-0.25, -0.2) is 0 Å². The minimum absolute atomic E-state index is 0. The zero-order valence-corrected chi connectivity index (χ0v) is 14.4. The van der Waals surface area contributed by atoms with Crippen LogP contribution in [0.4, 0.5) is 0 Å². The maximum Gasteiger partial charge on any atom is 0 e. The van der Waals surface area contributed by atoms with Crippen LogP contribution in [0.25, 0.3) is 33.0 Å². The molecule has 0 nitrogen and oxygen atoms in total. The molecule has 1 heteroatoms. The molecule has 0 saturated heterocycles. The third kappa shape index (κ3) is 2.94. The van der Waals surface area contributed by atoms with Crippen molar-refractivity contribution in [2.24, 2.45) is 0 Å². The zero-order chi connectivity index (χ0) is 14.8. The van der Waals surface area contributed by atoms with Gasteiger partial charge in [0.25, 0.3) is 0 Å². The van der Waals surface area contributed by atoms with Crippen molar-refractivity contribution in [3.05, 3.63) is 97.1 Å². The van der Waals surface area contributed by atoms with E-state index in [-0.39, 0.29) is 17.1 Å². The minimum atomic E-state index is 0. The third-order valence-electron chi connectivity index (χ3n) is 4.09. The van der Waals surface area contributed by atoms with Gasteiger partial charge >= 0.3 is 0 Å². The van der Waals surface area contributed by atoms with E-state index in [0.717, 1.165) is 0 Å². The van der Waals surface area contributed by atoms with E-state index in [2.05, 4.69) is 97.1 Å².